The van der Waals surface area contributed by atoms with Crippen LogP contribution in [0.3, 0.4) is 0 Å². The third kappa shape index (κ3) is 1.97. The van der Waals surface area contributed by atoms with Crippen molar-refractivity contribution in [3.63, 3.8) is 0 Å². The highest BCUT2D eigenvalue weighted by molar-refractivity contribution is 5.91. The summed E-state index contributed by atoms with van der Waals surface area (Å²) in [5.74, 6) is 1.65. The SMILES string of the molecule is COc1ccc([C@H]2CC(=O)Nc3ncnn32)cc1OC. The molecule has 0 radical (unpaired) electrons. The van der Waals surface area contributed by atoms with E-state index in [1.807, 2.05) is 18.2 Å². The molecule has 7 nitrogen and oxygen atoms in total. The molecule has 0 saturated heterocycles. The Labute approximate surface area is 115 Å². The third-order valence-corrected chi connectivity index (χ3v) is 3.29. The quantitative estimate of drug-likeness (QED) is 0.910. The number of methoxy groups -OCH3 is 2. The summed E-state index contributed by atoms with van der Waals surface area (Å²) in [4.78, 5) is 15.8. The molecular formula is C13H14N4O3. The molecule has 104 valence electrons. The van der Waals surface area contributed by atoms with Gasteiger partial charge in [-0.3, -0.25) is 10.1 Å². The number of carbonyl (C=O) groups excluding carboxylic acids is 1. The monoisotopic (exact) mass is 274 g/mol. The number of amides is 1. The number of aromatic nitrogens is 3. The van der Waals surface area contributed by atoms with Gasteiger partial charge in [0.15, 0.2) is 11.5 Å². The highest BCUT2D eigenvalue weighted by Crippen LogP contribution is 2.34. The fourth-order valence-electron chi connectivity index (χ4n) is 2.32. The van der Waals surface area contributed by atoms with Crippen LogP contribution in [0, 0.1) is 0 Å². The first-order valence-corrected chi connectivity index (χ1v) is 6.14. The van der Waals surface area contributed by atoms with Gasteiger partial charge in [-0.15, -0.1) is 0 Å². The van der Waals surface area contributed by atoms with Gasteiger partial charge in [-0.25, -0.2) is 4.68 Å². The smallest absolute Gasteiger partial charge is 0.229 e. The Balaban J connectivity index is 2.04. The van der Waals surface area contributed by atoms with Crippen LogP contribution in [-0.4, -0.2) is 34.9 Å². The number of ether oxygens (including phenoxy) is 2. The molecule has 0 saturated carbocycles. The molecule has 0 bridgehead atoms. The van der Waals surface area contributed by atoms with Gasteiger partial charge in [-0.05, 0) is 17.7 Å². The zero-order valence-electron chi connectivity index (χ0n) is 11.2. The van der Waals surface area contributed by atoms with E-state index in [9.17, 15) is 4.79 Å². The second kappa shape index (κ2) is 4.84. The van der Waals surface area contributed by atoms with Gasteiger partial charge in [0.2, 0.25) is 11.9 Å². The maximum absolute atomic E-state index is 11.7. The number of hydrogen-bond donors (Lipinski definition) is 1. The molecule has 3 rings (SSSR count). The Morgan fingerprint density at radius 2 is 2.10 bits per heavy atom. The predicted octanol–water partition coefficient (Wildman–Crippen LogP) is 1.23. The minimum atomic E-state index is -0.193. The Morgan fingerprint density at radius 1 is 1.30 bits per heavy atom. The topological polar surface area (TPSA) is 78.3 Å². The van der Waals surface area contributed by atoms with Gasteiger partial charge in [0.1, 0.15) is 6.33 Å². The normalized spacial score (nSPS) is 17.3. The molecular weight excluding hydrogens is 260 g/mol. The lowest BCUT2D eigenvalue weighted by atomic mass is 10.0. The van der Waals surface area contributed by atoms with Crippen molar-refractivity contribution < 1.29 is 14.3 Å². The van der Waals surface area contributed by atoms with Crippen LogP contribution >= 0.6 is 0 Å². The average Bonchev–Trinajstić information content (AvgIpc) is 2.93. The van der Waals surface area contributed by atoms with Crippen molar-refractivity contribution in [2.75, 3.05) is 19.5 Å². The molecule has 1 N–H and O–H groups in total. The first-order chi connectivity index (χ1) is 9.72. The lowest BCUT2D eigenvalue weighted by Crippen LogP contribution is -2.29. The summed E-state index contributed by atoms with van der Waals surface area (Å²) in [5.41, 5.74) is 0.921. The molecule has 2 heterocycles. The van der Waals surface area contributed by atoms with Gasteiger partial charge in [-0.2, -0.15) is 10.1 Å². The molecule has 7 heteroatoms. The number of benzene rings is 1. The van der Waals surface area contributed by atoms with Crippen LogP contribution in [0.25, 0.3) is 0 Å². The van der Waals surface area contributed by atoms with Gasteiger partial charge in [0.05, 0.1) is 26.7 Å². The van der Waals surface area contributed by atoms with Gasteiger partial charge in [-0.1, -0.05) is 6.07 Å². The zero-order chi connectivity index (χ0) is 14.1. The molecule has 1 aliphatic rings. The summed E-state index contributed by atoms with van der Waals surface area (Å²) in [6.07, 6.45) is 1.74. The van der Waals surface area contributed by atoms with Gasteiger partial charge < -0.3 is 9.47 Å². The van der Waals surface area contributed by atoms with E-state index in [-0.39, 0.29) is 11.9 Å². The molecule has 1 aliphatic heterocycles. The first kappa shape index (κ1) is 12.5. The highest BCUT2D eigenvalue weighted by atomic mass is 16.5. The van der Waals surface area contributed by atoms with E-state index in [0.717, 1.165) is 5.56 Å². The Kier molecular flexibility index (Phi) is 3.02. The summed E-state index contributed by atoms with van der Waals surface area (Å²) in [6.45, 7) is 0. The number of nitrogens with zero attached hydrogens (tertiary/aromatic N) is 3. The van der Waals surface area contributed by atoms with Crippen LogP contribution in [0.4, 0.5) is 5.95 Å². The molecule has 0 aliphatic carbocycles. The van der Waals surface area contributed by atoms with Crippen molar-refractivity contribution in [3.8, 4) is 11.5 Å². The summed E-state index contributed by atoms with van der Waals surface area (Å²) in [5, 5.41) is 6.85. The molecule has 1 aromatic heterocycles. The summed E-state index contributed by atoms with van der Waals surface area (Å²) < 4.78 is 12.2. The third-order valence-electron chi connectivity index (χ3n) is 3.29. The lowest BCUT2D eigenvalue weighted by Gasteiger charge is -2.24. The van der Waals surface area contributed by atoms with Crippen molar-refractivity contribution in [1.29, 1.82) is 0 Å². The second-order valence-electron chi connectivity index (χ2n) is 4.41. The number of fused-ring (bicyclic) bond motifs is 1. The maximum atomic E-state index is 11.7. The minimum Gasteiger partial charge on any atom is -0.493 e. The highest BCUT2D eigenvalue weighted by Gasteiger charge is 2.28. The molecule has 1 amide bonds. The molecule has 0 unspecified atom stereocenters. The number of hydrogen-bond acceptors (Lipinski definition) is 5. The standard InChI is InChI=1S/C13H14N4O3/c1-19-10-4-3-8(5-11(10)20-2)9-6-12(18)16-13-14-7-15-17(9)13/h3-5,7,9H,6H2,1-2H3,(H,14,15,16,18)/t9-/m1/s1. The van der Waals surface area contributed by atoms with E-state index in [4.69, 9.17) is 9.47 Å². The van der Waals surface area contributed by atoms with Crippen molar-refractivity contribution >= 4 is 11.9 Å². The number of nitrogens with one attached hydrogen (secondary N) is 1. The lowest BCUT2D eigenvalue weighted by molar-refractivity contribution is -0.117. The predicted molar refractivity (Wildman–Crippen MR) is 71.0 cm³/mol. The van der Waals surface area contributed by atoms with Crippen LogP contribution in [-0.2, 0) is 4.79 Å². The van der Waals surface area contributed by atoms with E-state index in [0.29, 0.717) is 23.9 Å². The van der Waals surface area contributed by atoms with Crippen molar-refractivity contribution in [3.05, 3.63) is 30.1 Å². The summed E-state index contributed by atoms with van der Waals surface area (Å²) >= 11 is 0. The molecule has 0 fully saturated rings. The molecule has 2 aromatic rings. The van der Waals surface area contributed by atoms with Crippen LogP contribution in [0.1, 0.15) is 18.0 Å². The van der Waals surface area contributed by atoms with Gasteiger partial charge >= 0.3 is 0 Å². The fourth-order valence-corrected chi connectivity index (χ4v) is 2.32. The largest absolute Gasteiger partial charge is 0.493 e. The molecule has 1 atom stereocenters. The van der Waals surface area contributed by atoms with Crippen molar-refractivity contribution in [2.45, 2.75) is 12.5 Å². The second-order valence-corrected chi connectivity index (χ2v) is 4.41. The molecule has 1 aromatic carbocycles. The van der Waals surface area contributed by atoms with E-state index in [1.165, 1.54) is 6.33 Å². The average molecular weight is 274 g/mol. The van der Waals surface area contributed by atoms with Gasteiger partial charge in [0, 0.05) is 0 Å². The van der Waals surface area contributed by atoms with Crippen LogP contribution in [0.2, 0.25) is 0 Å². The number of carbonyl (C=O) groups is 1. The number of anilines is 1. The summed E-state index contributed by atoms with van der Waals surface area (Å²) in [7, 11) is 3.16. The molecule has 0 spiro atoms. The van der Waals surface area contributed by atoms with E-state index in [2.05, 4.69) is 15.4 Å². The zero-order valence-corrected chi connectivity index (χ0v) is 11.2. The Morgan fingerprint density at radius 3 is 2.85 bits per heavy atom. The Bertz CT molecular complexity index is 653. The minimum absolute atomic E-state index is 0.0784. The van der Waals surface area contributed by atoms with E-state index >= 15 is 0 Å². The maximum Gasteiger partial charge on any atom is 0.229 e. The first-order valence-electron chi connectivity index (χ1n) is 6.14. The van der Waals surface area contributed by atoms with Crippen molar-refractivity contribution in [1.82, 2.24) is 14.8 Å². The van der Waals surface area contributed by atoms with Crippen molar-refractivity contribution in [2.24, 2.45) is 0 Å². The number of rotatable bonds is 3. The van der Waals surface area contributed by atoms with Gasteiger partial charge in [0.25, 0.3) is 0 Å². The van der Waals surface area contributed by atoms with E-state index < -0.39 is 0 Å². The van der Waals surface area contributed by atoms with Crippen LogP contribution < -0.4 is 14.8 Å². The van der Waals surface area contributed by atoms with Crippen LogP contribution in [0.15, 0.2) is 24.5 Å². The fraction of sp³-hybridized carbons (Fsp3) is 0.308. The van der Waals surface area contributed by atoms with E-state index in [1.54, 1.807) is 18.9 Å². The van der Waals surface area contributed by atoms with Crippen LogP contribution in [0.5, 0.6) is 11.5 Å². The summed E-state index contributed by atoms with van der Waals surface area (Å²) in [6, 6.07) is 5.38. The molecule has 20 heavy (non-hydrogen) atoms. The Hall–Kier alpha value is -2.57.